The largest absolute Gasteiger partial charge is 0.497 e. The first-order valence-electron chi connectivity index (χ1n) is 8.37. The molecular formula is C19H20FN3O2. The van der Waals surface area contributed by atoms with Crippen LogP contribution in [0.2, 0.25) is 0 Å². The summed E-state index contributed by atoms with van der Waals surface area (Å²) in [6.07, 6.45) is 1.48. The van der Waals surface area contributed by atoms with Gasteiger partial charge < -0.3 is 9.64 Å². The molecule has 4 rings (SSSR count). The summed E-state index contributed by atoms with van der Waals surface area (Å²) < 4.78 is 19.1. The number of hydrogen-bond acceptors (Lipinski definition) is 5. The van der Waals surface area contributed by atoms with E-state index in [1.807, 2.05) is 12.1 Å². The van der Waals surface area contributed by atoms with Gasteiger partial charge >= 0.3 is 0 Å². The molecule has 1 saturated heterocycles. The molecule has 1 N–H and O–H groups in total. The molecule has 0 unspecified atom stereocenters. The van der Waals surface area contributed by atoms with Crippen LogP contribution in [0.15, 0.2) is 53.5 Å². The van der Waals surface area contributed by atoms with Gasteiger partial charge in [-0.2, -0.15) is 0 Å². The minimum atomic E-state index is -0.611. The minimum Gasteiger partial charge on any atom is -0.497 e. The maximum Gasteiger partial charge on any atom is 0.190 e. The lowest BCUT2D eigenvalue weighted by Crippen LogP contribution is -2.44. The highest BCUT2D eigenvalue weighted by Crippen LogP contribution is 2.33. The zero-order chi connectivity index (χ0) is 17.3. The highest BCUT2D eigenvalue weighted by atomic mass is 19.1. The third-order valence-corrected chi connectivity index (χ3v) is 4.76. The average Bonchev–Trinajstić information content (AvgIpc) is 3.06. The molecule has 0 radical (unpaired) electrons. The van der Waals surface area contributed by atoms with Gasteiger partial charge in [-0.1, -0.05) is 12.1 Å². The van der Waals surface area contributed by atoms with Crippen LogP contribution in [-0.2, 0) is 4.84 Å². The first kappa shape index (κ1) is 15.9. The van der Waals surface area contributed by atoms with E-state index >= 15 is 0 Å². The van der Waals surface area contributed by atoms with Crippen LogP contribution in [0.1, 0.15) is 18.4 Å². The van der Waals surface area contributed by atoms with Gasteiger partial charge in [0.2, 0.25) is 0 Å². The van der Waals surface area contributed by atoms with Crippen molar-refractivity contribution in [3.05, 3.63) is 59.9 Å². The molecule has 0 amide bonds. The average molecular weight is 341 g/mol. The van der Waals surface area contributed by atoms with Crippen molar-refractivity contribution in [2.45, 2.75) is 18.6 Å². The molecule has 2 aromatic carbocycles. The summed E-state index contributed by atoms with van der Waals surface area (Å²) in [5.41, 5.74) is 3.80. The summed E-state index contributed by atoms with van der Waals surface area (Å²) in [5, 5.41) is 0. The van der Waals surface area contributed by atoms with E-state index in [0.717, 1.165) is 37.4 Å². The standard InChI is InChI=1S/C19H20FN3O2/c1-24-15-8-6-14(7-9-15)23-12-10-19(11-13-23)21-18(22-25-19)16-4-2-3-5-17(16)20/h2-9H,10-13H2,1H3,(H,21,22). The molecule has 0 atom stereocenters. The Bertz CT molecular complexity index is 784. The van der Waals surface area contributed by atoms with Crippen molar-refractivity contribution in [1.82, 2.24) is 5.48 Å². The molecule has 0 aromatic heterocycles. The number of rotatable bonds is 3. The van der Waals surface area contributed by atoms with Gasteiger partial charge in [-0.05, 0) is 36.4 Å². The van der Waals surface area contributed by atoms with Crippen LogP contribution in [0.4, 0.5) is 10.1 Å². The summed E-state index contributed by atoms with van der Waals surface area (Å²) in [5.74, 6) is 1.01. The van der Waals surface area contributed by atoms with Gasteiger partial charge in [0.1, 0.15) is 11.6 Å². The smallest absolute Gasteiger partial charge is 0.190 e. The fraction of sp³-hybridized carbons (Fsp3) is 0.316. The van der Waals surface area contributed by atoms with Gasteiger partial charge in [0.15, 0.2) is 11.6 Å². The Morgan fingerprint density at radius 1 is 1.12 bits per heavy atom. The minimum absolute atomic E-state index is 0.301. The predicted octanol–water partition coefficient (Wildman–Crippen LogP) is 3.11. The Morgan fingerprint density at radius 2 is 1.84 bits per heavy atom. The number of piperidine rings is 1. The van der Waals surface area contributed by atoms with Crippen LogP contribution in [0, 0.1) is 5.82 Å². The molecule has 0 saturated carbocycles. The van der Waals surface area contributed by atoms with E-state index in [9.17, 15) is 4.39 Å². The fourth-order valence-corrected chi connectivity index (χ4v) is 3.28. The van der Waals surface area contributed by atoms with E-state index in [4.69, 9.17) is 9.57 Å². The van der Waals surface area contributed by atoms with E-state index < -0.39 is 5.72 Å². The van der Waals surface area contributed by atoms with Gasteiger partial charge in [0.05, 0.1) is 12.7 Å². The topological polar surface area (TPSA) is 46.1 Å². The summed E-state index contributed by atoms with van der Waals surface area (Å²) >= 11 is 0. The van der Waals surface area contributed by atoms with Gasteiger partial charge in [-0.3, -0.25) is 0 Å². The second-order valence-corrected chi connectivity index (χ2v) is 6.28. The molecule has 0 aliphatic carbocycles. The van der Waals surface area contributed by atoms with Crippen LogP contribution in [-0.4, -0.2) is 31.8 Å². The van der Waals surface area contributed by atoms with Crippen molar-refractivity contribution >= 4 is 11.5 Å². The molecule has 6 heteroatoms. The highest BCUT2D eigenvalue weighted by molar-refractivity contribution is 5.99. The summed E-state index contributed by atoms with van der Waals surface area (Å²) in [7, 11) is 1.66. The maximum atomic E-state index is 13.9. The number of methoxy groups -OCH3 is 1. The second-order valence-electron chi connectivity index (χ2n) is 6.28. The Balaban J connectivity index is 1.47. The number of benzene rings is 2. The van der Waals surface area contributed by atoms with Crippen LogP contribution in [0.3, 0.4) is 0 Å². The zero-order valence-corrected chi connectivity index (χ0v) is 14.0. The Kier molecular flexibility index (Phi) is 4.05. The van der Waals surface area contributed by atoms with Crippen molar-refractivity contribution in [2.75, 3.05) is 25.1 Å². The van der Waals surface area contributed by atoms with Crippen LogP contribution in [0.5, 0.6) is 5.75 Å². The third kappa shape index (κ3) is 3.05. The normalized spacial score (nSPS) is 18.8. The molecule has 2 aromatic rings. The number of halogens is 1. The molecule has 2 aliphatic heterocycles. The number of nitrogens with zero attached hydrogens (tertiary/aromatic N) is 2. The monoisotopic (exact) mass is 341 g/mol. The lowest BCUT2D eigenvalue weighted by molar-refractivity contribution is -0.0686. The van der Waals surface area contributed by atoms with Crippen LogP contribution in [0.25, 0.3) is 0 Å². The number of aliphatic imine (C=N–C) groups is 1. The number of nitrogens with one attached hydrogen (secondary N) is 1. The SMILES string of the molecule is COc1ccc(N2CCC3(CC2)N=C(c2ccccc2F)NO3)cc1. The predicted molar refractivity (Wildman–Crippen MR) is 94.3 cm³/mol. The molecule has 130 valence electrons. The van der Waals surface area contributed by atoms with Gasteiger partial charge in [-0.25, -0.2) is 19.7 Å². The van der Waals surface area contributed by atoms with Crippen molar-refractivity contribution < 1.29 is 14.0 Å². The summed E-state index contributed by atoms with van der Waals surface area (Å²) in [6, 6.07) is 14.6. The maximum absolute atomic E-state index is 13.9. The van der Waals surface area contributed by atoms with Crippen molar-refractivity contribution in [3.63, 3.8) is 0 Å². The lowest BCUT2D eigenvalue weighted by atomic mass is 10.0. The van der Waals surface area contributed by atoms with Gasteiger partial charge in [0, 0.05) is 31.6 Å². The molecule has 1 spiro atoms. The van der Waals surface area contributed by atoms with Crippen LogP contribution >= 0.6 is 0 Å². The van der Waals surface area contributed by atoms with E-state index in [0.29, 0.717) is 11.4 Å². The Hall–Kier alpha value is -2.60. The summed E-state index contributed by atoms with van der Waals surface area (Å²) in [6.45, 7) is 1.64. The van der Waals surface area contributed by atoms with E-state index in [1.165, 1.54) is 6.07 Å². The quantitative estimate of drug-likeness (QED) is 0.932. The van der Waals surface area contributed by atoms with E-state index in [1.54, 1.807) is 25.3 Å². The first-order chi connectivity index (χ1) is 12.2. The molecular weight excluding hydrogens is 321 g/mol. The first-order valence-corrected chi connectivity index (χ1v) is 8.37. The van der Waals surface area contributed by atoms with Crippen molar-refractivity contribution in [3.8, 4) is 5.75 Å². The molecule has 1 fully saturated rings. The van der Waals surface area contributed by atoms with Gasteiger partial charge in [-0.15, -0.1) is 0 Å². The number of amidine groups is 1. The van der Waals surface area contributed by atoms with E-state index in [-0.39, 0.29) is 5.82 Å². The van der Waals surface area contributed by atoms with Crippen molar-refractivity contribution in [2.24, 2.45) is 4.99 Å². The third-order valence-electron chi connectivity index (χ3n) is 4.76. The molecule has 0 bridgehead atoms. The van der Waals surface area contributed by atoms with Crippen molar-refractivity contribution in [1.29, 1.82) is 0 Å². The highest BCUT2D eigenvalue weighted by Gasteiger charge is 2.40. The number of hydrogen-bond donors (Lipinski definition) is 1. The summed E-state index contributed by atoms with van der Waals surface area (Å²) in [4.78, 5) is 12.7. The molecule has 2 heterocycles. The Morgan fingerprint density at radius 3 is 2.52 bits per heavy atom. The van der Waals surface area contributed by atoms with Gasteiger partial charge in [0.25, 0.3) is 0 Å². The Labute approximate surface area is 146 Å². The molecule has 25 heavy (non-hydrogen) atoms. The second kappa shape index (κ2) is 6.37. The fourth-order valence-electron chi connectivity index (χ4n) is 3.28. The van der Waals surface area contributed by atoms with Crippen LogP contribution < -0.4 is 15.1 Å². The number of anilines is 1. The number of hydroxylamine groups is 1. The number of ether oxygens (including phenoxy) is 1. The zero-order valence-electron chi connectivity index (χ0n) is 14.0. The molecule has 5 nitrogen and oxygen atoms in total. The molecule has 2 aliphatic rings. The lowest BCUT2D eigenvalue weighted by Gasteiger charge is -2.36. The van der Waals surface area contributed by atoms with E-state index in [2.05, 4.69) is 27.5 Å².